The van der Waals surface area contributed by atoms with E-state index < -0.39 is 0 Å². The van der Waals surface area contributed by atoms with Crippen LogP contribution >= 0.6 is 0 Å². The fourth-order valence-corrected chi connectivity index (χ4v) is 1.80. The molecule has 0 saturated heterocycles. The minimum atomic E-state index is -0.0638. The highest BCUT2D eigenvalue weighted by Gasteiger charge is 2.43. The smallest absolute Gasteiger partial charge is 0.221 e. The van der Waals surface area contributed by atoms with Gasteiger partial charge in [0, 0.05) is 18.0 Å². The third-order valence-corrected chi connectivity index (χ3v) is 2.97. The number of nitrogens with one attached hydrogen (secondary N) is 1. The summed E-state index contributed by atoms with van der Waals surface area (Å²) in [6.07, 6.45) is 2.12. The van der Waals surface area contributed by atoms with E-state index in [9.17, 15) is 9.90 Å². The molecular formula is C12H15NO2. The molecule has 1 aliphatic carbocycles. The van der Waals surface area contributed by atoms with Gasteiger partial charge >= 0.3 is 0 Å². The van der Waals surface area contributed by atoms with E-state index in [-0.39, 0.29) is 17.9 Å². The molecule has 2 rings (SSSR count). The summed E-state index contributed by atoms with van der Waals surface area (Å²) >= 11 is 0. The second-order valence-electron chi connectivity index (χ2n) is 4.20. The van der Waals surface area contributed by atoms with E-state index in [1.807, 2.05) is 24.3 Å². The van der Waals surface area contributed by atoms with Crippen LogP contribution in [-0.4, -0.2) is 17.6 Å². The van der Waals surface area contributed by atoms with Crippen molar-refractivity contribution in [2.24, 2.45) is 0 Å². The van der Waals surface area contributed by atoms with Crippen LogP contribution in [0.4, 0.5) is 5.69 Å². The number of carbonyl (C=O) groups is 1. The molecule has 1 fully saturated rings. The number of aliphatic hydroxyl groups excluding tert-OH is 1. The van der Waals surface area contributed by atoms with Crippen molar-refractivity contribution in [2.75, 3.05) is 11.9 Å². The van der Waals surface area contributed by atoms with Gasteiger partial charge < -0.3 is 10.4 Å². The molecule has 0 aliphatic heterocycles. The largest absolute Gasteiger partial charge is 0.395 e. The second-order valence-corrected chi connectivity index (χ2v) is 4.20. The number of aliphatic hydroxyl groups is 1. The van der Waals surface area contributed by atoms with E-state index in [0.717, 1.165) is 18.5 Å². The Morgan fingerprint density at radius 2 is 2.00 bits per heavy atom. The third kappa shape index (κ3) is 2.02. The van der Waals surface area contributed by atoms with Gasteiger partial charge in [0.05, 0.1) is 6.61 Å². The van der Waals surface area contributed by atoms with Crippen molar-refractivity contribution in [3.8, 4) is 0 Å². The Hall–Kier alpha value is -1.35. The van der Waals surface area contributed by atoms with Crippen molar-refractivity contribution in [2.45, 2.75) is 25.2 Å². The fourth-order valence-electron chi connectivity index (χ4n) is 1.80. The lowest BCUT2D eigenvalue weighted by Crippen LogP contribution is -2.12. The van der Waals surface area contributed by atoms with Crippen LogP contribution < -0.4 is 5.32 Å². The Morgan fingerprint density at radius 1 is 1.40 bits per heavy atom. The third-order valence-electron chi connectivity index (χ3n) is 2.97. The van der Waals surface area contributed by atoms with Crippen LogP contribution in [0, 0.1) is 0 Å². The second kappa shape index (κ2) is 3.66. The molecule has 1 aromatic carbocycles. The zero-order valence-electron chi connectivity index (χ0n) is 8.79. The Kier molecular flexibility index (Phi) is 2.49. The summed E-state index contributed by atoms with van der Waals surface area (Å²) in [6, 6.07) is 7.72. The van der Waals surface area contributed by atoms with E-state index in [1.54, 1.807) is 0 Å². The number of carbonyl (C=O) groups excluding carboxylic acids is 1. The standard InChI is InChI=1S/C12H15NO2/c1-9(15)13-11-4-2-10(3-5-11)12(8-14)6-7-12/h2-5,14H,6-8H2,1H3,(H,13,15). The first kappa shape index (κ1) is 10.2. The van der Waals surface area contributed by atoms with E-state index in [4.69, 9.17) is 0 Å². The Balaban J connectivity index is 2.14. The van der Waals surface area contributed by atoms with E-state index in [2.05, 4.69) is 5.32 Å². The number of amides is 1. The van der Waals surface area contributed by atoms with Gasteiger partial charge in [-0.15, -0.1) is 0 Å². The molecule has 0 heterocycles. The summed E-state index contributed by atoms with van der Waals surface area (Å²) in [5.41, 5.74) is 1.98. The molecule has 80 valence electrons. The first-order chi connectivity index (χ1) is 7.16. The monoisotopic (exact) mass is 205 g/mol. The quantitative estimate of drug-likeness (QED) is 0.788. The highest BCUT2D eigenvalue weighted by atomic mass is 16.3. The van der Waals surface area contributed by atoms with E-state index in [1.165, 1.54) is 12.5 Å². The van der Waals surface area contributed by atoms with Gasteiger partial charge in [-0.1, -0.05) is 12.1 Å². The maximum Gasteiger partial charge on any atom is 0.221 e. The van der Waals surface area contributed by atoms with Gasteiger partial charge in [0.1, 0.15) is 0 Å². The first-order valence-electron chi connectivity index (χ1n) is 5.15. The van der Waals surface area contributed by atoms with Gasteiger partial charge in [0.2, 0.25) is 5.91 Å². The predicted molar refractivity (Wildman–Crippen MR) is 58.7 cm³/mol. The Labute approximate surface area is 89.1 Å². The SMILES string of the molecule is CC(=O)Nc1ccc(C2(CO)CC2)cc1. The van der Waals surface area contributed by atoms with Crippen molar-refractivity contribution >= 4 is 11.6 Å². The maximum atomic E-state index is 10.8. The lowest BCUT2D eigenvalue weighted by Gasteiger charge is -2.12. The van der Waals surface area contributed by atoms with Crippen molar-refractivity contribution < 1.29 is 9.90 Å². The lowest BCUT2D eigenvalue weighted by atomic mass is 9.97. The topological polar surface area (TPSA) is 49.3 Å². The summed E-state index contributed by atoms with van der Waals surface area (Å²) < 4.78 is 0. The molecular weight excluding hydrogens is 190 g/mol. The number of hydrogen-bond acceptors (Lipinski definition) is 2. The van der Waals surface area contributed by atoms with Crippen LogP contribution in [0.25, 0.3) is 0 Å². The van der Waals surface area contributed by atoms with Gasteiger partial charge in [-0.25, -0.2) is 0 Å². The molecule has 0 aromatic heterocycles. The Morgan fingerprint density at radius 3 is 2.40 bits per heavy atom. The molecule has 0 spiro atoms. The predicted octanol–water partition coefficient (Wildman–Crippen LogP) is 1.67. The lowest BCUT2D eigenvalue weighted by molar-refractivity contribution is -0.114. The molecule has 1 aliphatic rings. The molecule has 0 unspecified atom stereocenters. The van der Waals surface area contributed by atoms with E-state index in [0.29, 0.717) is 0 Å². The van der Waals surface area contributed by atoms with Crippen LogP contribution in [0.2, 0.25) is 0 Å². The van der Waals surface area contributed by atoms with Crippen LogP contribution in [0.15, 0.2) is 24.3 Å². The van der Waals surface area contributed by atoms with Gasteiger partial charge in [0.15, 0.2) is 0 Å². The molecule has 1 aromatic rings. The molecule has 3 heteroatoms. The van der Waals surface area contributed by atoms with Crippen LogP contribution in [-0.2, 0) is 10.2 Å². The van der Waals surface area contributed by atoms with Crippen LogP contribution in [0.1, 0.15) is 25.3 Å². The van der Waals surface area contributed by atoms with Crippen LogP contribution in [0.3, 0.4) is 0 Å². The zero-order valence-corrected chi connectivity index (χ0v) is 8.79. The molecule has 0 bridgehead atoms. The van der Waals surface area contributed by atoms with Crippen molar-refractivity contribution in [3.63, 3.8) is 0 Å². The molecule has 15 heavy (non-hydrogen) atoms. The number of benzene rings is 1. The Bertz CT molecular complexity index is 366. The minimum Gasteiger partial charge on any atom is -0.395 e. The molecule has 3 nitrogen and oxygen atoms in total. The summed E-state index contributed by atoms with van der Waals surface area (Å²) in [4.78, 5) is 10.8. The van der Waals surface area contributed by atoms with Gasteiger partial charge in [-0.05, 0) is 30.5 Å². The minimum absolute atomic E-state index is 0.00868. The molecule has 1 saturated carbocycles. The van der Waals surface area contributed by atoms with Crippen molar-refractivity contribution in [1.82, 2.24) is 0 Å². The number of hydrogen-bond donors (Lipinski definition) is 2. The van der Waals surface area contributed by atoms with Crippen molar-refractivity contribution in [3.05, 3.63) is 29.8 Å². The number of rotatable bonds is 3. The van der Waals surface area contributed by atoms with Gasteiger partial charge in [0.25, 0.3) is 0 Å². The zero-order chi connectivity index (χ0) is 10.9. The molecule has 0 radical (unpaired) electrons. The molecule has 1 amide bonds. The molecule has 0 atom stereocenters. The summed E-state index contributed by atoms with van der Waals surface area (Å²) in [5.74, 6) is -0.0638. The highest BCUT2D eigenvalue weighted by molar-refractivity contribution is 5.88. The van der Waals surface area contributed by atoms with Gasteiger partial charge in [-0.3, -0.25) is 4.79 Å². The average molecular weight is 205 g/mol. The number of anilines is 1. The highest BCUT2D eigenvalue weighted by Crippen LogP contribution is 2.47. The average Bonchev–Trinajstić information content (AvgIpc) is 2.99. The van der Waals surface area contributed by atoms with Crippen molar-refractivity contribution in [1.29, 1.82) is 0 Å². The van der Waals surface area contributed by atoms with Crippen LogP contribution in [0.5, 0.6) is 0 Å². The summed E-state index contributed by atoms with van der Waals surface area (Å²) in [5, 5.41) is 12.0. The van der Waals surface area contributed by atoms with Gasteiger partial charge in [-0.2, -0.15) is 0 Å². The summed E-state index contributed by atoms with van der Waals surface area (Å²) in [7, 11) is 0. The normalized spacial score (nSPS) is 17.2. The fraction of sp³-hybridized carbons (Fsp3) is 0.417. The summed E-state index contributed by atoms with van der Waals surface area (Å²) in [6.45, 7) is 1.70. The maximum absolute atomic E-state index is 10.8. The van der Waals surface area contributed by atoms with E-state index >= 15 is 0 Å². The first-order valence-corrected chi connectivity index (χ1v) is 5.15. The molecule has 2 N–H and O–H groups in total.